The van der Waals surface area contributed by atoms with Gasteiger partial charge in [-0.25, -0.2) is 68.6 Å². The van der Waals surface area contributed by atoms with E-state index in [9.17, 15) is 44.1 Å². The number of hydrogen-bond donors (Lipinski definition) is 9. The molecule has 696 valence electrons. The van der Waals surface area contributed by atoms with Gasteiger partial charge in [-0.05, 0) is 166 Å². The first-order valence-electron chi connectivity index (χ1n) is 43.7. The van der Waals surface area contributed by atoms with E-state index in [4.69, 9.17) is 54.3 Å². The van der Waals surface area contributed by atoms with E-state index in [0.717, 1.165) is 142 Å². The van der Waals surface area contributed by atoms with Crippen LogP contribution >= 0.6 is 11.6 Å². The summed E-state index contributed by atoms with van der Waals surface area (Å²) in [7, 11) is 7.31. The summed E-state index contributed by atoms with van der Waals surface area (Å²) in [6.07, 6.45) is 13.0. The summed E-state index contributed by atoms with van der Waals surface area (Å²) < 4.78 is 10.4. The Morgan fingerprint density at radius 3 is 1.00 bits per heavy atom. The molecule has 13 N–H and O–H groups in total. The van der Waals surface area contributed by atoms with Crippen molar-refractivity contribution in [1.82, 2.24) is 79.1 Å². The number of anilines is 15. The number of nitrogen functional groups attached to an aromatic ring is 3. The smallest absolute Gasteiger partial charge is 0.412 e. The van der Waals surface area contributed by atoms with Gasteiger partial charge in [0.25, 0.3) is 5.91 Å². The number of urea groups is 4. The van der Waals surface area contributed by atoms with Crippen molar-refractivity contribution in [3.05, 3.63) is 150 Å². The molecule has 8 aliphatic heterocycles. The molecule has 8 fully saturated rings. The van der Waals surface area contributed by atoms with E-state index in [1.807, 2.05) is 98.9 Å². The summed E-state index contributed by atoms with van der Waals surface area (Å²) in [6.45, 7) is 22.9. The Kier molecular flexibility index (Phi) is 31.6. The van der Waals surface area contributed by atoms with Crippen LogP contribution in [0.5, 0.6) is 0 Å². The lowest BCUT2D eigenvalue weighted by molar-refractivity contribution is 0.0624. The Bertz CT molecular complexity index is 5600. The molecule has 0 spiro atoms. The van der Waals surface area contributed by atoms with Gasteiger partial charge in [-0.2, -0.15) is 15.8 Å². The van der Waals surface area contributed by atoms with Crippen molar-refractivity contribution in [2.45, 2.75) is 128 Å². The molecular formula is C90H115ClN32O9. The Balaban J connectivity index is 0.000000153. The summed E-state index contributed by atoms with van der Waals surface area (Å²) in [6, 6.07) is 35.4. The van der Waals surface area contributed by atoms with E-state index in [1.54, 1.807) is 138 Å². The van der Waals surface area contributed by atoms with Crippen LogP contribution in [0.4, 0.5) is 115 Å². The molecule has 41 nitrogen and oxygen atoms in total. The first-order chi connectivity index (χ1) is 63.1. The fourth-order valence-corrected chi connectivity index (χ4v) is 16.4. The molecule has 0 aliphatic carbocycles. The number of nitrogens with one attached hydrogen (secondary N) is 5. The lowest BCUT2D eigenvalue weighted by atomic mass is 10.0. The maximum atomic E-state index is 12.5. The van der Waals surface area contributed by atoms with Gasteiger partial charge in [-0.3, -0.25) is 15.4 Å². The van der Waals surface area contributed by atoms with Gasteiger partial charge >= 0.3 is 36.3 Å². The molecular weight excluding hydrogens is 1710 g/mol. The number of piperidine rings is 4. The average Bonchev–Trinajstić information content (AvgIpc) is 1.04. The number of benzene rings is 4. The van der Waals surface area contributed by atoms with Crippen LogP contribution in [0.2, 0.25) is 5.15 Å². The fraction of sp³-hybridized carbons (Fsp3) is 0.444. The Hall–Kier alpha value is -15.0. The van der Waals surface area contributed by atoms with E-state index >= 15 is 0 Å². The number of nitrogens with two attached hydrogens (primary N) is 4. The molecule has 0 bridgehead atoms. The molecule has 0 unspecified atom stereocenters. The third-order valence-electron chi connectivity index (χ3n) is 22.8. The predicted octanol–water partition coefficient (Wildman–Crippen LogP) is 11.0. The van der Waals surface area contributed by atoms with Crippen molar-refractivity contribution >= 4 is 140 Å². The highest BCUT2D eigenvalue weighted by Gasteiger charge is 2.40. The molecule has 132 heavy (non-hydrogen) atoms. The average molecular weight is 1820 g/mol. The zero-order valence-electron chi connectivity index (χ0n) is 76.0. The molecule has 16 rings (SSSR count). The number of amides is 11. The molecule has 8 aliphatic rings. The summed E-state index contributed by atoms with van der Waals surface area (Å²) in [4.78, 5) is 143. The Labute approximate surface area is 772 Å². The molecule has 11 amide bonds. The lowest BCUT2D eigenvalue weighted by Gasteiger charge is -2.37. The molecule has 0 radical (unpaired) electrons. The number of nitriles is 3. The number of carbonyl (C=O) groups excluding carboxylic acids is 7. The van der Waals surface area contributed by atoms with Crippen LogP contribution in [0.1, 0.15) is 120 Å². The van der Waals surface area contributed by atoms with E-state index in [-0.39, 0.29) is 82.0 Å². The lowest BCUT2D eigenvalue weighted by Crippen LogP contribution is -2.49. The van der Waals surface area contributed by atoms with Gasteiger partial charge in [0.2, 0.25) is 0 Å². The van der Waals surface area contributed by atoms with Gasteiger partial charge in [0.05, 0.1) is 49.0 Å². The molecule has 4 aromatic carbocycles. The second kappa shape index (κ2) is 43.4. The van der Waals surface area contributed by atoms with Gasteiger partial charge < -0.3 is 107 Å². The van der Waals surface area contributed by atoms with Crippen molar-refractivity contribution in [3.8, 4) is 18.2 Å². The third kappa shape index (κ3) is 25.8. The standard InChI is InChI=1S/C25H32N8O3.C20H26N8O2.C20H24N8O.C14H17ClN6O.C11H16N2O2/c1-25(2,3)36-23(34)29-18-8-5-7-17(13-18)28-22-20(14-26)27-15-21(30-22)32-10-6-9-19(16-32)33-12-11-31(4)24(33)35;1-26-8-9-28(20(26)30)15-6-3-7-27(12-15)16-11-23-17(18(22)29)19(25-16)24-14-5-2-4-13(21)10-14;1-26-8-9-28(20(26)29)16-6-3-7-27(13-16)18-12-23-17(11-21)19(25-18)24-15-5-2-4-14(22)10-15;1-19-5-6-21(14(19)22)10-3-2-4-20(9-10)12-8-17-11(7-16)13(15)18-12;1-11(2,3)15-10(14)13-9-6-4-5-8(12)7-9/h5,7-8,13,15,19H,6,9-12,16H2,1-4H3,(H,28,30)(H,29,34);2,4-5,10-11,15H,3,6-9,12,21H2,1H3,(H2,22,29)(H,24,25);2,4-5,10,12,16H,3,6-9,13,22H2,1H3,(H,24,25);8,10H,2-6,9H2,1H3;4-7H,12H2,1-3H3,(H,13,14)/t19-;15-;16-;10-;/m1111./s1. The van der Waals surface area contributed by atoms with Gasteiger partial charge in [0, 0.05) is 178 Å². The van der Waals surface area contributed by atoms with Crippen molar-refractivity contribution in [2.75, 3.05) is 196 Å². The fourth-order valence-electron chi connectivity index (χ4n) is 16.3. The topological polar surface area (TPSA) is 516 Å². The SMILES string of the molecule is CC(C)(C)OC(=O)Nc1cccc(N)c1.CN1CCN([C@@H]2CCCN(c3cnc(C#N)c(Cl)n3)C2)C1=O.CN1CCN([C@@H]2CCCN(c3cnc(C#N)c(Nc4cccc(N)c4)n3)C2)C1=O.CN1CCN([C@@H]2CCCN(c3cnc(C#N)c(Nc4cccc(NC(=O)OC(C)(C)C)c4)n3)C2)C1=O.CN1CCN([C@@H]2CCCN(c3cnc(C(N)=O)c(Nc4cccc(N)c4)n3)C2)C1=O. The number of nitrogens with zero attached hydrogens (tertiary/aromatic N) is 23. The van der Waals surface area contributed by atoms with Gasteiger partial charge in [-0.1, -0.05) is 35.9 Å². The highest BCUT2D eigenvalue weighted by Crippen LogP contribution is 2.34. The molecule has 42 heteroatoms. The quantitative estimate of drug-likeness (QED) is 0.0382. The van der Waals surface area contributed by atoms with Crippen LogP contribution in [0.3, 0.4) is 0 Å². The Morgan fingerprint density at radius 2 is 0.689 bits per heavy atom. The minimum absolute atomic E-state index is 0.0612. The number of primary amides is 1. The second-order valence-electron chi connectivity index (χ2n) is 35.0. The van der Waals surface area contributed by atoms with Crippen LogP contribution in [0.25, 0.3) is 0 Å². The first-order valence-corrected chi connectivity index (χ1v) is 44.1. The summed E-state index contributed by atoms with van der Waals surface area (Å²) in [5.74, 6) is 2.97. The molecule has 8 aromatic rings. The van der Waals surface area contributed by atoms with Crippen molar-refractivity contribution < 1.29 is 43.0 Å². The van der Waals surface area contributed by atoms with Gasteiger partial charge in [-0.15, -0.1) is 0 Å². The number of carbonyl (C=O) groups is 7. The highest BCUT2D eigenvalue weighted by atomic mass is 35.5. The van der Waals surface area contributed by atoms with Crippen molar-refractivity contribution in [1.29, 1.82) is 15.8 Å². The number of ether oxygens (including phenoxy) is 2. The molecule has 4 atom stereocenters. The number of likely N-dealkylation sites (N-methyl/N-ethyl adjacent to an activating group) is 4. The maximum Gasteiger partial charge on any atom is 0.412 e. The van der Waals surface area contributed by atoms with Crippen LogP contribution in [-0.2, 0) is 9.47 Å². The van der Waals surface area contributed by atoms with Crippen LogP contribution < -0.4 is 69.1 Å². The largest absolute Gasteiger partial charge is 0.444 e. The monoisotopic (exact) mass is 1820 g/mol. The Morgan fingerprint density at radius 1 is 0.402 bits per heavy atom. The van der Waals surface area contributed by atoms with Crippen LogP contribution in [0, 0.1) is 34.0 Å². The molecule has 8 saturated heterocycles. The summed E-state index contributed by atoms with van der Waals surface area (Å²) >= 11 is 5.96. The minimum Gasteiger partial charge on any atom is -0.444 e. The van der Waals surface area contributed by atoms with E-state index < -0.39 is 29.3 Å². The zero-order valence-corrected chi connectivity index (χ0v) is 76.7. The maximum absolute atomic E-state index is 12.5. The molecule has 12 heterocycles. The van der Waals surface area contributed by atoms with E-state index in [1.165, 1.54) is 0 Å². The van der Waals surface area contributed by atoms with Crippen molar-refractivity contribution in [2.24, 2.45) is 5.73 Å². The number of hydrogen-bond acceptors (Lipinski definition) is 30. The van der Waals surface area contributed by atoms with E-state index in [2.05, 4.69) is 93.2 Å². The summed E-state index contributed by atoms with van der Waals surface area (Å²) in [5.41, 5.74) is 27.3. The molecule has 0 saturated carbocycles. The second-order valence-corrected chi connectivity index (χ2v) is 35.3. The highest BCUT2D eigenvalue weighted by molar-refractivity contribution is 6.30. The third-order valence-corrected chi connectivity index (χ3v) is 23.1. The first kappa shape index (κ1) is 96.1. The normalized spacial score (nSPS) is 18.5. The number of aromatic nitrogens is 8. The minimum atomic E-state index is -0.664. The van der Waals surface area contributed by atoms with Crippen molar-refractivity contribution in [3.63, 3.8) is 0 Å². The zero-order chi connectivity index (χ0) is 94.7. The van der Waals surface area contributed by atoms with E-state index in [0.29, 0.717) is 94.4 Å². The molecule has 4 aromatic heterocycles. The number of rotatable bonds is 17. The van der Waals surface area contributed by atoms with Crippen LogP contribution in [0.15, 0.2) is 122 Å². The number of halogens is 1. The van der Waals surface area contributed by atoms with Gasteiger partial charge in [0.1, 0.15) is 52.7 Å². The predicted molar refractivity (Wildman–Crippen MR) is 504 cm³/mol. The van der Waals surface area contributed by atoms with Gasteiger partial charge in [0.15, 0.2) is 45.4 Å². The van der Waals surface area contributed by atoms with Crippen LogP contribution in [-0.4, -0.2) is 290 Å². The summed E-state index contributed by atoms with van der Waals surface area (Å²) in [5, 5.41) is 42.7.